The molecule has 0 aliphatic carbocycles. The summed E-state index contributed by atoms with van der Waals surface area (Å²) in [4.78, 5) is 15.9. The third-order valence-corrected chi connectivity index (χ3v) is 3.49. The van der Waals surface area contributed by atoms with E-state index >= 15 is 0 Å². The molecule has 0 aliphatic rings. The number of benzene rings is 1. The number of thiazole rings is 1. The van der Waals surface area contributed by atoms with E-state index in [4.69, 9.17) is 0 Å². The average Bonchev–Trinajstić information content (AvgIpc) is 2.79. The lowest BCUT2D eigenvalue weighted by Crippen LogP contribution is -2.28. The van der Waals surface area contributed by atoms with Crippen molar-refractivity contribution in [2.45, 2.75) is 20.8 Å². The fourth-order valence-corrected chi connectivity index (χ4v) is 2.55. The Labute approximate surface area is 122 Å². The summed E-state index contributed by atoms with van der Waals surface area (Å²) in [5.74, 6) is 6.65. The molecule has 0 aliphatic heterocycles. The van der Waals surface area contributed by atoms with Crippen molar-refractivity contribution in [1.82, 2.24) is 10.3 Å². The van der Waals surface area contributed by atoms with E-state index in [9.17, 15) is 4.79 Å². The van der Waals surface area contributed by atoms with E-state index in [0.717, 1.165) is 15.8 Å². The van der Waals surface area contributed by atoms with Gasteiger partial charge in [-0.05, 0) is 19.1 Å². The summed E-state index contributed by atoms with van der Waals surface area (Å²) in [6.07, 6.45) is 0. The van der Waals surface area contributed by atoms with Crippen LogP contribution >= 0.6 is 11.3 Å². The molecule has 0 saturated carbocycles. The highest BCUT2D eigenvalue weighted by Crippen LogP contribution is 2.28. The quantitative estimate of drug-likeness (QED) is 0.831. The van der Waals surface area contributed by atoms with E-state index in [-0.39, 0.29) is 6.03 Å². The molecule has 2 rings (SSSR count). The first-order chi connectivity index (χ1) is 9.60. The molecule has 0 spiro atoms. The van der Waals surface area contributed by atoms with E-state index in [0.29, 0.717) is 17.6 Å². The third-order valence-electron chi connectivity index (χ3n) is 2.47. The highest BCUT2D eigenvalue weighted by molar-refractivity contribution is 7.22. The maximum absolute atomic E-state index is 11.5. The molecule has 2 N–H and O–H groups in total. The minimum Gasteiger partial charge on any atom is -0.338 e. The topological polar surface area (TPSA) is 54.0 Å². The van der Waals surface area contributed by atoms with Crippen molar-refractivity contribution in [3.63, 3.8) is 0 Å². The molecule has 0 radical (unpaired) electrons. The van der Waals surface area contributed by atoms with E-state index < -0.39 is 0 Å². The van der Waals surface area contributed by atoms with Crippen LogP contribution in [0.15, 0.2) is 18.2 Å². The molecule has 0 bridgehead atoms. The Morgan fingerprint density at radius 2 is 2.25 bits per heavy atom. The predicted octanol–water partition coefficient (Wildman–Crippen LogP) is 3.45. The smallest absolute Gasteiger partial charge is 0.321 e. The van der Waals surface area contributed by atoms with Gasteiger partial charge in [-0.3, -0.25) is 5.32 Å². The van der Waals surface area contributed by atoms with Gasteiger partial charge in [-0.2, -0.15) is 0 Å². The maximum Gasteiger partial charge on any atom is 0.321 e. The van der Waals surface area contributed by atoms with Gasteiger partial charge < -0.3 is 5.32 Å². The van der Waals surface area contributed by atoms with Crippen molar-refractivity contribution in [3.8, 4) is 11.8 Å². The minimum atomic E-state index is -0.235. The Bertz CT molecular complexity index is 679. The van der Waals surface area contributed by atoms with Crippen molar-refractivity contribution in [3.05, 3.63) is 23.8 Å². The van der Waals surface area contributed by atoms with Crippen molar-refractivity contribution in [2.75, 3.05) is 11.9 Å². The molecule has 5 heteroatoms. The van der Waals surface area contributed by atoms with E-state index in [1.165, 1.54) is 11.3 Å². The molecular formula is C15H17N3OS. The van der Waals surface area contributed by atoms with Crippen molar-refractivity contribution in [2.24, 2.45) is 5.92 Å². The highest BCUT2D eigenvalue weighted by Gasteiger charge is 2.09. The zero-order valence-electron chi connectivity index (χ0n) is 11.8. The Morgan fingerprint density at radius 3 is 2.95 bits per heavy atom. The molecule has 4 nitrogen and oxygen atoms in total. The normalized spacial score (nSPS) is 10.2. The molecule has 2 amide bonds. The van der Waals surface area contributed by atoms with Crippen LogP contribution in [-0.4, -0.2) is 17.6 Å². The van der Waals surface area contributed by atoms with Crippen molar-refractivity contribution >= 4 is 32.7 Å². The van der Waals surface area contributed by atoms with Gasteiger partial charge in [0.05, 0.1) is 10.2 Å². The first-order valence-electron chi connectivity index (χ1n) is 6.56. The lowest BCUT2D eigenvalue weighted by Gasteiger charge is -2.00. The van der Waals surface area contributed by atoms with Gasteiger partial charge in [0.1, 0.15) is 0 Å². The fourth-order valence-electron chi connectivity index (χ4n) is 1.62. The van der Waals surface area contributed by atoms with Crippen LogP contribution in [0.5, 0.6) is 0 Å². The van der Waals surface area contributed by atoms with Crippen LogP contribution in [0, 0.1) is 17.8 Å². The predicted molar refractivity (Wildman–Crippen MR) is 84.0 cm³/mol. The first kappa shape index (κ1) is 14.4. The number of carbonyl (C=O) groups excluding carboxylic acids is 1. The lowest BCUT2D eigenvalue weighted by atomic mass is 10.1. The summed E-state index contributed by atoms with van der Waals surface area (Å²) < 4.78 is 1.01. The standard InChI is InChI=1S/C15H17N3OS/c1-4-16-14(19)18-15-17-12-7-5-6-11(13(12)20-15)9-8-10(2)3/h5-7,10H,4H2,1-3H3,(H2,16,17,18,19). The number of fused-ring (bicyclic) bond motifs is 1. The summed E-state index contributed by atoms with van der Waals surface area (Å²) in [5, 5.41) is 6.00. The Kier molecular flexibility index (Phi) is 4.59. The lowest BCUT2D eigenvalue weighted by molar-refractivity contribution is 0.252. The molecule has 0 saturated heterocycles. The molecule has 1 aromatic heterocycles. The molecule has 1 heterocycles. The van der Waals surface area contributed by atoms with Gasteiger partial charge in [-0.15, -0.1) is 0 Å². The summed E-state index contributed by atoms with van der Waals surface area (Å²) in [7, 11) is 0. The van der Waals surface area contributed by atoms with Gasteiger partial charge in [-0.25, -0.2) is 9.78 Å². The van der Waals surface area contributed by atoms with Gasteiger partial charge >= 0.3 is 6.03 Å². The Morgan fingerprint density at radius 1 is 1.45 bits per heavy atom. The largest absolute Gasteiger partial charge is 0.338 e. The number of nitrogens with one attached hydrogen (secondary N) is 2. The van der Waals surface area contributed by atoms with E-state index in [2.05, 4.69) is 41.3 Å². The number of nitrogens with zero attached hydrogens (tertiary/aromatic N) is 1. The number of urea groups is 1. The fraction of sp³-hybridized carbons (Fsp3) is 0.333. The second kappa shape index (κ2) is 6.40. The van der Waals surface area contributed by atoms with Crippen LogP contribution in [0.25, 0.3) is 10.2 Å². The van der Waals surface area contributed by atoms with Crippen LogP contribution in [-0.2, 0) is 0 Å². The minimum absolute atomic E-state index is 0.235. The monoisotopic (exact) mass is 287 g/mol. The van der Waals surface area contributed by atoms with Crippen molar-refractivity contribution in [1.29, 1.82) is 0 Å². The number of hydrogen-bond acceptors (Lipinski definition) is 3. The van der Waals surface area contributed by atoms with Crippen LogP contribution in [0.3, 0.4) is 0 Å². The number of carbonyl (C=O) groups is 1. The summed E-state index contributed by atoms with van der Waals surface area (Å²) in [6, 6.07) is 5.60. The van der Waals surface area contributed by atoms with Crippen LogP contribution < -0.4 is 10.6 Å². The number of anilines is 1. The maximum atomic E-state index is 11.5. The molecule has 20 heavy (non-hydrogen) atoms. The zero-order valence-corrected chi connectivity index (χ0v) is 12.6. The van der Waals surface area contributed by atoms with E-state index in [1.807, 2.05) is 25.1 Å². The molecule has 0 atom stereocenters. The number of aromatic nitrogens is 1. The van der Waals surface area contributed by atoms with Gasteiger partial charge in [0.2, 0.25) is 0 Å². The second-order valence-corrected chi connectivity index (χ2v) is 5.58. The molecular weight excluding hydrogens is 270 g/mol. The molecule has 0 unspecified atom stereocenters. The van der Waals surface area contributed by atoms with Crippen LogP contribution in [0.1, 0.15) is 26.3 Å². The SMILES string of the molecule is CCNC(=O)Nc1nc2cccc(C#CC(C)C)c2s1. The van der Waals surface area contributed by atoms with Gasteiger partial charge in [0, 0.05) is 18.0 Å². The Hall–Kier alpha value is -2.06. The molecule has 104 valence electrons. The van der Waals surface area contributed by atoms with Gasteiger partial charge in [0.15, 0.2) is 5.13 Å². The summed E-state index contributed by atoms with van der Waals surface area (Å²) in [6.45, 7) is 6.57. The van der Waals surface area contributed by atoms with Crippen molar-refractivity contribution < 1.29 is 4.79 Å². The highest BCUT2D eigenvalue weighted by atomic mass is 32.1. The number of amides is 2. The summed E-state index contributed by atoms with van der Waals surface area (Å²) >= 11 is 1.44. The average molecular weight is 287 g/mol. The van der Waals surface area contributed by atoms with Gasteiger partial charge in [0.25, 0.3) is 0 Å². The molecule has 2 aromatic rings. The number of rotatable bonds is 2. The third kappa shape index (κ3) is 3.49. The van der Waals surface area contributed by atoms with Gasteiger partial charge in [-0.1, -0.05) is 43.1 Å². The second-order valence-electron chi connectivity index (χ2n) is 4.58. The van der Waals surface area contributed by atoms with Crippen LogP contribution in [0.2, 0.25) is 0 Å². The first-order valence-corrected chi connectivity index (χ1v) is 7.37. The Balaban J connectivity index is 2.32. The molecule has 0 fully saturated rings. The number of hydrogen-bond donors (Lipinski definition) is 2. The van der Waals surface area contributed by atoms with Crippen LogP contribution in [0.4, 0.5) is 9.93 Å². The van der Waals surface area contributed by atoms with E-state index in [1.54, 1.807) is 0 Å². The zero-order chi connectivity index (χ0) is 14.5. The molecule has 1 aromatic carbocycles. The summed E-state index contributed by atoms with van der Waals surface area (Å²) in [5.41, 5.74) is 1.81.